The number of benzene rings is 1. The lowest BCUT2D eigenvalue weighted by Crippen LogP contribution is -2.33. The van der Waals surface area contributed by atoms with Crippen molar-refractivity contribution in [2.24, 2.45) is 0 Å². The molecule has 0 atom stereocenters. The number of carbonyl (C=O) groups excluding carboxylic acids is 1. The topological polar surface area (TPSA) is 68.9 Å². The molecule has 2 aromatic heterocycles. The maximum Gasteiger partial charge on any atom is 0.331 e. The minimum absolute atomic E-state index is 0.0872. The highest BCUT2D eigenvalue weighted by atomic mass is 19.1. The summed E-state index contributed by atoms with van der Waals surface area (Å²) in [4.78, 5) is 29.8. The fourth-order valence-corrected chi connectivity index (χ4v) is 3.80. The zero-order valence-electron chi connectivity index (χ0n) is 14.9. The van der Waals surface area contributed by atoms with Crippen molar-refractivity contribution < 1.29 is 9.18 Å². The van der Waals surface area contributed by atoms with Crippen LogP contribution in [0.2, 0.25) is 0 Å². The molecule has 3 aromatic rings. The predicted octanol–water partition coefficient (Wildman–Crippen LogP) is 2.77. The van der Waals surface area contributed by atoms with Gasteiger partial charge in [0.1, 0.15) is 12.4 Å². The maximum absolute atomic E-state index is 13.2. The number of halogens is 1. The summed E-state index contributed by atoms with van der Waals surface area (Å²) < 4.78 is 16.5. The molecule has 7 heteroatoms. The molecule has 27 heavy (non-hydrogen) atoms. The lowest BCUT2D eigenvalue weighted by Gasteiger charge is -2.10. The molecule has 2 heterocycles. The van der Waals surface area contributed by atoms with Crippen molar-refractivity contribution in [1.82, 2.24) is 19.4 Å². The monoisotopic (exact) mass is 368 g/mol. The van der Waals surface area contributed by atoms with Crippen LogP contribution in [0.1, 0.15) is 37.3 Å². The Balaban J connectivity index is 1.57. The molecule has 1 aliphatic carbocycles. The van der Waals surface area contributed by atoms with Gasteiger partial charge in [0, 0.05) is 18.8 Å². The average molecular weight is 368 g/mol. The van der Waals surface area contributed by atoms with E-state index in [1.165, 1.54) is 16.7 Å². The van der Waals surface area contributed by atoms with Gasteiger partial charge in [-0.15, -0.1) is 0 Å². The largest absolute Gasteiger partial charge is 0.350 e. The third kappa shape index (κ3) is 3.49. The van der Waals surface area contributed by atoms with E-state index >= 15 is 0 Å². The van der Waals surface area contributed by atoms with E-state index in [1.54, 1.807) is 29.0 Å². The van der Waals surface area contributed by atoms with Crippen LogP contribution < -0.4 is 11.0 Å². The molecule has 0 radical (unpaired) electrons. The lowest BCUT2D eigenvalue weighted by atomic mass is 10.2. The van der Waals surface area contributed by atoms with Gasteiger partial charge >= 0.3 is 5.69 Å². The Morgan fingerprint density at radius 1 is 1.22 bits per heavy atom. The Hall–Kier alpha value is -2.96. The molecular weight excluding hydrogens is 347 g/mol. The van der Waals surface area contributed by atoms with E-state index < -0.39 is 0 Å². The van der Waals surface area contributed by atoms with Crippen LogP contribution in [0.3, 0.4) is 0 Å². The lowest BCUT2D eigenvalue weighted by molar-refractivity contribution is -0.121. The summed E-state index contributed by atoms with van der Waals surface area (Å²) in [6.07, 6.45) is 5.79. The van der Waals surface area contributed by atoms with Gasteiger partial charge in [0.15, 0.2) is 5.65 Å². The summed E-state index contributed by atoms with van der Waals surface area (Å²) in [6, 6.07) is 9.80. The van der Waals surface area contributed by atoms with Gasteiger partial charge in [0.05, 0.1) is 5.52 Å². The second kappa shape index (κ2) is 7.34. The molecule has 4 rings (SSSR count). The van der Waals surface area contributed by atoms with Gasteiger partial charge in [0.25, 0.3) is 0 Å². The molecule has 1 N–H and O–H groups in total. The number of rotatable bonds is 5. The van der Waals surface area contributed by atoms with Gasteiger partial charge < -0.3 is 5.32 Å². The Kier molecular flexibility index (Phi) is 4.75. The molecule has 0 spiro atoms. The minimum Gasteiger partial charge on any atom is -0.350 e. The number of amides is 1. The SMILES string of the molecule is O=C(Cn1c(=O)n(C2CCCC2)c2ncccc21)NCc1cccc(F)c1. The predicted molar refractivity (Wildman–Crippen MR) is 99.7 cm³/mol. The third-order valence-corrected chi connectivity index (χ3v) is 5.09. The highest BCUT2D eigenvalue weighted by molar-refractivity contribution is 5.79. The van der Waals surface area contributed by atoms with E-state index in [9.17, 15) is 14.0 Å². The van der Waals surface area contributed by atoms with Crippen LogP contribution >= 0.6 is 0 Å². The Morgan fingerprint density at radius 3 is 2.81 bits per heavy atom. The molecule has 1 saturated carbocycles. The molecule has 1 amide bonds. The van der Waals surface area contributed by atoms with Crippen LogP contribution in [-0.4, -0.2) is 20.0 Å². The van der Waals surface area contributed by atoms with Crippen LogP contribution in [0.25, 0.3) is 11.2 Å². The molecule has 1 aliphatic rings. The maximum atomic E-state index is 13.2. The molecule has 1 fully saturated rings. The molecule has 0 saturated heterocycles. The van der Waals surface area contributed by atoms with Crippen molar-refractivity contribution in [3.05, 3.63) is 64.5 Å². The second-order valence-corrected chi connectivity index (χ2v) is 6.93. The molecule has 0 aliphatic heterocycles. The number of nitrogens with zero attached hydrogens (tertiary/aromatic N) is 3. The normalized spacial score (nSPS) is 14.7. The summed E-state index contributed by atoms with van der Waals surface area (Å²) in [5.74, 6) is -0.639. The van der Waals surface area contributed by atoms with Gasteiger partial charge in [0.2, 0.25) is 5.91 Å². The molecular formula is C20H21FN4O2. The first-order chi connectivity index (χ1) is 13.1. The van der Waals surface area contributed by atoms with Gasteiger partial charge in [-0.1, -0.05) is 25.0 Å². The van der Waals surface area contributed by atoms with Crippen LogP contribution in [0.5, 0.6) is 0 Å². The van der Waals surface area contributed by atoms with Crippen molar-refractivity contribution in [3.8, 4) is 0 Å². The smallest absolute Gasteiger partial charge is 0.331 e. The number of hydrogen-bond donors (Lipinski definition) is 1. The fourth-order valence-electron chi connectivity index (χ4n) is 3.80. The number of carbonyl (C=O) groups is 1. The number of hydrogen-bond acceptors (Lipinski definition) is 3. The Bertz CT molecular complexity index is 1030. The third-order valence-electron chi connectivity index (χ3n) is 5.09. The molecule has 140 valence electrons. The highest BCUT2D eigenvalue weighted by Gasteiger charge is 2.24. The van der Waals surface area contributed by atoms with Crippen molar-refractivity contribution in [2.45, 2.75) is 44.8 Å². The first-order valence-electron chi connectivity index (χ1n) is 9.20. The zero-order chi connectivity index (χ0) is 18.8. The van der Waals surface area contributed by atoms with Crippen LogP contribution in [0.4, 0.5) is 4.39 Å². The number of fused-ring (bicyclic) bond motifs is 1. The molecule has 1 aromatic carbocycles. The van der Waals surface area contributed by atoms with Crippen molar-refractivity contribution in [1.29, 1.82) is 0 Å². The number of nitrogens with one attached hydrogen (secondary N) is 1. The van der Waals surface area contributed by atoms with Gasteiger partial charge in [-0.3, -0.25) is 13.9 Å². The standard InChI is InChI=1S/C20H21FN4O2/c21-15-6-3-5-14(11-15)12-23-18(26)13-24-17-9-4-10-22-19(17)25(20(24)27)16-7-1-2-8-16/h3-6,9-11,16H,1-2,7-8,12-13H2,(H,23,26). The van der Waals surface area contributed by atoms with Crippen molar-refractivity contribution in [2.75, 3.05) is 0 Å². The Labute approximate surface area is 155 Å². The molecule has 6 nitrogen and oxygen atoms in total. The van der Waals surface area contributed by atoms with Crippen molar-refractivity contribution in [3.63, 3.8) is 0 Å². The van der Waals surface area contributed by atoms with Crippen LogP contribution in [-0.2, 0) is 17.9 Å². The number of imidazole rings is 1. The van der Waals surface area contributed by atoms with Crippen molar-refractivity contribution >= 4 is 17.1 Å². The minimum atomic E-state index is -0.344. The highest BCUT2D eigenvalue weighted by Crippen LogP contribution is 2.30. The van der Waals surface area contributed by atoms with Crippen LogP contribution in [0, 0.1) is 5.82 Å². The first kappa shape index (κ1) is 17.5. The summed E-state index contributed by atoms with van der Waals surface area (Å²) in [5.41, 5.74) is 1.77. The zero-order valence-corrected chi connectivity index (χ0v) is 14.9. The number of aromatic nitrogens is 3. The molecule has 0 unspecified atom stereocenters. The summed E-state index contributed by atoms with van der Waals surface area (Å²) >= 11 is 0. The van der Waals surface area contributed by atoms with Crippen LogP contribution in [0.15, 0.2) is 47.4 Å². The fraction of sp³-hybridized carbons (Fsp3) is 0.350. The summed E-state index contributed by atoms with van der Waals surface area (Å²) in [6.45, 7) is 0.126. The van der Waals surface area contributed by atoms with E-state index in [4.69, 9.17) is 0 Å². The van der Waals surface area contributed by atoms with E-state index in [0.29, 0.717) is 16.7 Å². The number of pyridine rings is 1. The van der Waals surface area contributed by atoms with E-state index in [2.05, 4.69) is 10.3 Å². The summed E-state index contributed by atoms with van der Waals surface area (Å²) in [7, 11) is 0. The first-order valence-corrected chi connectivity index (χ1v) is 9.20. The van der Waals surface area contributed by atoms with Gasteiger partial charge in [-0.2, -0.15) is 0 Å². The van der Waals surface area contributed by atoms with E-state index in [-0.39, 0.29) is 36.5 Å². The Morgan fingerprint density at radius 2 is 2.04 bits per heavy atom. The van der Waals surface area contributed by atoms with E-state index in [0.717, 1.165) is 25.7 Å². The second-order valence-electron chi connectivity index (χ2n) is 6.93. The van der Waals surface area contributed by atoms with Gasteiger partial charge in [-0.05, 0) is 42.7 Å². The van der Waals surface area contributed by atoms with E-state index in [1.807, 2.05) is 6.07 Å². The molecule has 0 bridgehead atoms. The summed E-state index contributed by atoms with van der Waals surface area (Å²) in [5, 5.41) is 2.75. The average Bonchev–Trinajstić information content (AvgIpc) is 3.27. The quantitative estimate of drug-likeness (QED) is 0.753. The van der Waals surface area contributed by atoms with Gasteiger partial charge in [-0.25, -0.2) is 14.2 Å².